The van der Waals surface area contributed by atoms with Crippen LogP contribution in [0, 0.1) is 0 Å². The average molecular weight is 749 g/mol. The molecule has 4 aliphatic rings. The number of hydrogen-bond donors (Lipinski definition) is 4. The molecule has 2 aromatic rings. The molecule has 3 fully saturated rings. The van der Waals surface area contributed by atoms with E-state index in [9.17, 15) is 24.0 Å². The molecule has 5 N–H and O–H groups in total. The molecular formula is C39H48N4O11. The van der Waals surface area contributed by atoms with Crippen molar-refractivity contribution in [2.24, 2.45) is 5.73 Å². The number of benzene rings is 2. The number of rotatable bonds is 11. The Hall–Kier alpha value is -5.31. The number of ether oxygens (including phenoxy) is 6. The largest absolute Gasteiger partial charge is 0.509 e. The van der Waals surface area contributed by atoms with Gasteiger partial charge in [-0.05, 0) is 42.9 Å². The topological polar surface area (TPSA) is 203 Å². The number of carbonyl (C=O) groups is 5. The molecule has 2 aliphatic heterocycles. The van der Waals surface area contributed by atoms with Gasteiger partial charge in [-0.2, -0.15) is 0 Å². The molecule has 0 bridgehead atoms. The maximum absolute atomic E-state index is 14.1. The molecule has 2 aliphatic carbocycles. The molecule has 4 atom stereocenters. The maximum atomic E-state index is 14.1. The van der Waals surface area contributed by atoms with E-state index >= 15 is 0 Å². The van der Waals surface area contributed by atoms with Gasteiger partial charge in [-0.15, -0.1) is 0 Å². The predicted octanol–water partition coefficient (Wildman–Crippen LogP) is 4.78. The van der Waals surface area contributed by atoms with E-state index in [2.05, 4.69) is 16.0 Å². The van der Waals surface area contributed by atoms with Crippen molar-refractivity contribution < 1.29 is 52.4 Å². The first-order valence-electron chi connectivity index (χ1n) is 18.7. The van der Waals surface area contributed by atoms with Crippen molar-refractivity contribution >= 4 is 30.2 Å². The summed E-state index contributed by atoms with van der Waals surface area (Å²) < 4.78 is 35.2. The first-order chi connectivity index (χ1) is 26.1. The van der Waals surface area contributed by atoms with Crippen LogP contribution in [0.25, 0.3) is 0 Å². The van der Waals surface area contributed by atoms with Gasteiger partial charge in [0.2, 0.25) is 23.9 Å². The van der Waals surface area contributed by atoms with Crippen molar-refractivity contribution in [2.45, 2.75) is 119 Å². The van der Waals surface area contributed by atoms with Gasteiger partial charge in [-0.1, -0.05) is 99.2 Å². The fraction of sp³-hybridized carbons (Fsp3) is 0.513. The van der Waals surface area contributed by atoms with Crippen LogP contribution < -0.4 is 21.7 Å². The van der Waals surface area contributed by atoms with Crippen LogP contribution in [-0.2, 0) is 38.0 Å². The lowest BCUT2D eigenvalue weighted by Gasteiger charge is -2.46. The highest BCUT2D eigenvalue weighted by molar-refractivity contribution is 5.87. The Bertz CT molecular complexity index is 1590. The van der Waals surface area contributed by atoms with E-state index in [0.29, 0.717) is 36.8 Å². The lowest BCUT2D eigenvalue weighted by molar-refractivity contribution is -0.273. The lowest BCUT2D eigenvalue weighted by atomic mass is 9.89. The zero-order valence-electron chi connectivity index (χ0n) is 30.2. The van der Waals surface area contributed by atoms with E-state index in [-0.39, 0.29) is 12.1 Å². The monoisotopic (exact) mass is 748 g/mol. The van der Waals surface area contributed by atoms with E-state index in [0.717, 1.165) is 38.5 Å². The van der Waals surface area contributed by atoms with Gasteiger partial charge in [0, 0.05) is 19.0 Å². The molecule has 2 saturated carbocycles. The number of alkyl carbamates (subject to hydrolysis) is 2. The summed E-state index contributed by atoms with van der Waals surface area (Å²) in [5.41, 5.74) is 7.99. The summed E-state index contributed by atoms with van der Waals surface area (Å²) in [5, 5.41) is 8.35. The summed E-state index contributed by atoms with van der Waals surface area (Å²) in [6.45, 7) is 0.691. The minimum Gasteiger partial charge on any atom is -0.473 e. The highest BCUT2D eigenvalue weighted by Gasteiger charge is 2.64. The van der Waals surface area contributed by atoms with Crippen molar-refractivity contribution in [3.8, 4) is 0 Å². The molecule has 15 heteroatoms. The van der Waals surface area contributed by atoms with Gasteiger partial charge in [-0.3, -0.25) is 4.79 Å². The van der Waals surface area contributed by atoms with E-state index in [4.69, 9.17) is 34.2 Å². The van der Waals surface area contributed by atoms with Crippen molar-refractivity contribution in [1.82, 2.24) is 16.0 Å². The van der Waals surface area contributed by atoms with Gasteiger partial charge >= 0.3 is 30.1 Å². The normalized spacial score (nSPS) is 23.5. The van der Waals surface area contributed by atoms with Gasteiger partial charge in [-0.25, -0.2) is 19.2 Å². The summed E-state index contributed by atoms with van der Waals surface area (Å²) in [6.07, 6.45) is 2.18. The number of nitrogens with two attached hydrogens (primary N) is 1. The summed E-state index contributed by atoms with van der Waals surface area (Å²) in [4.78, 5) is 67.0. The first kappa shape index (κ1) is 38.4. The Kier molecular flexibility index (Phi) is 12.6. The molecular weight excluding hydrogens is 700 g/mol. The summed E-state index contributed by atoms with van der Waals surface area (Å²) in [5.74, 6) is -4.61. The lowest BCUT2D eigenvalue weighted by Crippen LogP contribution is -2.71. The Balaban J connectivity index is 1.38. The maximum Gasteiger partial charge on any atom is 0.509 e. The molecule has 0 aromatic heterocycles. The second kappa shape index (κ2) is 17.7. The zero-order valence-corrected chi connectivity index (χ0v) is 30.2. The van der Waals surface area contributed by atoms with Crippen LogP contribution in [0.5, 0.6) is 0 Å². The zero-order chi connectivity index (χ0) is 38.1. The average Bonchev–Trinajstić information content (AvgIpc) is 3.62. The van der Waals surface area contributed by atoms with Crippen molar-refractivity contribution in [3.05, 3.63) is 83.6 Å². The first-order valence-corrected chi connectivity index (χ1v) is 18.7. The summed E-state index contributed by atoms with van der Waals surface area (Å²) in [7, 11) is 0. The Labute approximate surface area is 313 Å². The Morgan fingerprint density at radius 1 is 0.759 bits per heavy atom. The number of hydrogen-bond acceptors (Lipinski definition) is 12. The third-order valence-corrected chi connectivity index (χ3v) is 10.1. The molecule has 3 amide bonds. The number of cyclic esters (lactones) is 2. The molecule has 2 heterocycles. The van der Waals surface area contributed by atoms with E-state index in [1.807, 2.05) is 36.4 Å². The molecule has 54 heavy (non-hydrogen) atoms. The third kappa shape index (κ3) is 9.43. The van der Waals surface area contributed by atoms with Crippen LogP contribution in [0.4, 0.5) is 14.4 Å². The summed E-state index contributed by atoms with van der Waals surface area (Å²) >= 11 is 0. The Morgan fingerprint density at radius 2 is 1.28 bits per heavy atom. The molecule has 0 spiro atoms. The van der Waals surface area contributed by atoms with Crippen molar-refractivity contribution in [1.29, 1.82) is 0 Å². The van der Waals surface area contributed by atoms with E-state index in [1.165, 1.54) is 13.0 Å². The molecule has 0 unspecified atom stereocenters. The highest BCUT2D eigenvalue weighted by Crippen LogP contribution is 2.38. The molecule has 15 nitrogen and oxygen atoms in total. The van der Waals surface area contributed by atoms with Crippen LogP contribution in [0.3, 0.4) is 0 Å². The summed E-state index contributed by atoms with van der Waals surface area (Å²) in [6, 6.07) is 15.1. The number of nitrogens with one attached hydrogen (secondary N) is 3. The van der Waals surface area contributed by atoms with Crippen LogP contribution in [0.2, 0.25) is 0 Å². The molecule has 2 aromatic carbocycles. The fourth-order valence-electron chi connectivity index (χ4n) is 7.49. The number of esters is 1. The van der Waals surface area contributed by atoms with E-state index in [1.54, 1.807) is 24.3 Å². The fourth-order valence-corrected chi connectivity index (χ4v) is 7.49. The van der Waals surface area contributed by atoms with Gasteiger partial charge in [0.15, 0.2) is 6.10 Å². The van der Waals surface area contributed by atoms with E-state index < -0.39 is 78.8 Å². The number of amides is 3. The molecule has 0 radical (unpaired) electrons. The minimum atomic E-state index is -2.66. The Morgan fingerprint density at radius 3 is 1.74 bits per heavy atom. The second-order valence-electron chi connectivity index (χ2n) is 14.1. The van der Waals surface area contributed by atoms with Gasteiger partial charge in [0.1, 0.15) is 6.61 Å². The highest BCUT2D eigenvalue weighted by atomic mass is 16.8. The molecule has 1 saturated heterocycles. The SMILES string of the molecule is CC(=O)N[C@H]1[C@H](C(OC(=O)NC2CCCCC2)(OC(=O)NC2CCCCC2)[C@H]2COC(=O)O2)OC(C(=O)OC(c2ccccc2)c2ccccc2)=C[C@@H]1N. The standard InChI is InChI=1S/C39H48N4O11/c1-24(44)41-32-29(40)22-30(35(45)52-33(25-14-6-2-7-15-25)26-16-8-3-9-17-26)50-34(32)39(31-23-49-38(48)51-31,53-36(46)42-27-18-10-4-11-19-27)54-37(47)43-28-20-12-5-13-21-28/h2-3,6-9,14-17,22,27-29,31-34H,4-5,10-13,18-21,23,40H2,1H3,(H,41,44)(H,42,46)(H,43,47)/t29-,31+,32+,34+/m0/s1. The van der Waals surface area contributed by atoms with Gasteiger partial charge in [0.05, 0.1) is 12.1 Å². The van der Waals surface area contributed by atoms with Gasteiger partial charge < -0.3 is 50.1 Å². The predicted molar refractivity (Wildman–Crippen MR) is 191 cm³/mol. The quantitative estimate of drug-likeness (QED) is 0.139. The van der Waals surface area contributed by atoms with Crippen LogP contribution in [-0.4, -0.2) is 79.0 Å². The van der Waals surface area contributed by atoms with Crippen molar-refractivity contribution in [3.63, 3.8) is 0 Å². The van der Waals surface area contributed by atoms with Crippen LogP contribution in [0.1, 0.15) is 88.4 Å². The van der Waals surface area contributed by atoms with Gasteiger partial charge in [0.25, 0.3) is 0 Å². The van der Waals surface area contributed by atoms with Crippen LogP contribution >= 0.6 is 0 Å². The minimum absolute atomic E-state index is 0.249. The third-order valence-electron chi connectivity index (χ3n) is 10.1. The molecule has 6 rings (SSSR count). The molecule has 290 valence electrons. The smallest absolute Gasteiger partial charge is 0.473 e. The number of carbonyl (C=O) groups excluding carboxylic acids is 5. The van der Waals surface area contributed by atoms with Crippen LogP contribution in [0.15, 0.2) is 72.5 Å². The second-order valence-corrected chi connectivity index (χ2v) is 14.1. The van der Waals surface area contributed by atoms with Crippen molar-refractivity contribution in [2.75, 3.05) is 6.61 Å².